The second-order valence-corrected chi connectivity index (χ2v) is 6.87. The number of carbonyl (C=O) groups is 1. The first-order chi connectivity index (χ1) is 6.91. The molecule has 2 fully saturated rings. The Morgan fingerprint density at radius 2 is 2.00 bits per heavy atom. The number of rotatable bonds is 0. The summed E-state index contributed by atoms with van der Waals surface area (Å²) in [6, 6.07) is 0. The number of hydrogen-bond donors (Lipinski definition) is 0. The van der Waals surface area contributed by atoms with E-state index in [-0.39, 0.29) is 5.41 Å². The Morgan fingerprint density at radius 1 is 1.27 bits per heavy atom. The van der Waals surface area contributed by atoms with Gasteiger partial charge in [0.2, 0.25) is 0 Å². The molecule has 2 saturated carbocycles. The van der Waals surface area contributed by atoms with Crippen LogP contribution in [0.4, 0.5) is 0 Å². The maximum absolute atomic E-state index is 11.5. The average molecular weight is 204 g/mol. The molecule has 0 unspecified atom stereocenters. The summed E-state index contributed by atoms with van der Waals surface area (Å²) in [4.78, 5) is 11.5. The first-order valence-corrected chi connectivity index (χ1v) is 6.15. The Hall–Kier alpha value is -0.590. The smallest absolute Gasteiger partial charge is 0.156 e. The molecule has 0 aromatic heterocycles. The highest BCUT2D eigenvalue weighted by atomic mass is 16.1. The van der Waals surface area contributed by atoms with Gasteiger partial charge in [0.25, 0.3) is 0 Å². The van der Waals surface area contributed by atoms with Crippen LogP contribution in [0.25, 0.3) is 0 Å². The third-order valence-electron chi connectivity index (χ3n) is 5.07. The first kappa shape index (κ1) is 9.62. The van der Waals surface area contributed by atoms with E-state index >= 15 is 0 Å². The Balaban J connectivity index is 1.96. The zero-order valence-corrected chi connectivity index (χ0v) is 9.97. The predicted molar refractivity (Wildman–Crippen MR) is 60.4 cm³/mol. The van der Waals surface area contributed by atoms with Crippen LogP contribution in [0.2, 0.25) is 0 Å². The molecule has 0 aliphatic heterocycles. The third-order valence-corrected chi connectivity index (χ3v) is 5.07. The van der Waals surface area contributed by atoms with Gasteiger partial charge in [-0.3, -0.25) is 4.79 Å². The highest BCUT2D eigenvalue weighted by Crippen LogP contribution is 2.64. The highest BCUT2D eigenvalue weighted by Gasteiger charge is 2.56. The fourth-order valence-corrected chi connectivity index (χ4v) is 4.49. The molecular weight excluding hydrogens is 184 g/mol. The quantitative estimate of drug-likeness (QED) is 0.591. The van der Waals surface area contributed by atoms with Crippen molar-refractivity contribution >= 4 is 5.78 Å². The van der Waals surface area contributed by atoms with Gasteiger partial charge in [-0.15, -0.1) is 0 Å². The van der Waals surface area contributed by atoms with Gasteiger partial charge in [-0.05, 0) is 48.0 Å². The van der Waals surface area contributed by atoms with Crippen molar-refractivity contribution in [2.45, 2.75) is 46.5 Å². The van der Waals surface area contributed by atoms with Gasteiger partial charge >= 0.3 is 0 Å². The molecule has 0 spiro atoms. The fourth-order valence-electron chi connectivity index (χ4n) is 4.49. The molecule has 1 nitrogen and oxygen atoms in total. The lowest BCUT2D eigenvalue weighted by molar-refractivity contribution is -0.115. The molecule has 0 amide bonds. The minimum atomic E-state index is 0.246. The standard InChI is InChI=1S/C14H20O/c1-13(2)6-9-4-10-5-11(15)7-14(10,3)12(9)8-13/h5,9,12H,4,6-8H2,1-3H3/t9-,12+,14+/m1/s1. The predicted octanol–water partition coefficient (Wildman–Crippen LogP) is 3.35. The lowest BCUT2D eigenvalue weighted by Crippen LogP contribution is -2.24. The van der Waals surface area contributed by atoms with Gasteiger partial charge in [-0.2, -0.15) is 0 Å². The molecule has 15 heavy (non-hydrogen) atoms. The van der Waals surface area contributed by atoms with Gasteiger partial charge < -0.3 is 0 Å². The molecule has 3 rings (SSSR count). The van der Waals surface area contributed by atoms with Crippen molar-refractivity contribution in [1.29, 1.82) is 0 Å². The third kappa shape index (κ3) is 1.18. The molecule has 0 saturated heterocycles. The molecule has 0 bridgehead atoms. The summed E-state index contributed by atoms with van der Waals surface area (Å²) in [6.07, 6.45) is 6.62. The largest absolute Gasteiger partial charge is 0.295 e. The van der Waals surface area contributed by atoms with E-state index in [1.165, 1.54) is 24.8 Å². The van der Waals surface area contributed by atoms with Crippen LogP contribution < -0.4 is 0 Å². The summed E-state index contributed by atoms with van der Waals surface area (Å²) in [5.41, 5.74) is 2.23. The van der Waals surface area contributed by atoms with Gasteiger partial charge in [0, 0.05) is 6.42 Å². The summed E-state index contributed by atoms with van der Waals surface area (Å²) >= 11 is 0. The van der Waals surface area contributed by atoms with Crippen LogP contribution in [-0.2, 0) is 4.79 Å². The molecular formula is C14H20O. The van der Waals surface area contributed by atoms with Crippen molar-refractivity contribution in [1.82, 2.24) is 0 Å². The molecule has 0 N–H and O–H groups in total. The Bertz CT molecular complexity index is 364. The zero-order valence-electron chi connectivity index (χ0n) is 9.97. The minimum absolute atomic E-state index is 0.246. The summed E-state index contributed by atoms with van der Waals surface area (Å²) in [5.74, 6) is 2.02. The maximum Gasteiger partial charge on any atom is 0.156 e. The molecule has 0 aromatic rings. The summed E-state index contributed by atoms with van der Waals surface area (Å²) < 4.78 is 0. The molecule has 3 aliphatic carbocycles. The normalized spacial score (nSPS) is 46.6. The molecule has 3 atom stereocenters. The molecule has 1 heteroatoms. The van der Waals surface area contributed by atoms with Crippen molar-refractivity contribution in [2.75, 3.05) is 0 Å². The van der Waals surface area contributed by atoms with Crippen LogP contribution in [0.1, 0.15) is 46.5 Å². The highest BCUT2D eigenvalue weighted by molar-refractivity contribution is 5.94. The van der Waals surface area contributed by atoms with E-state index in [0.717, 1.165) is 18.3 Å². The summed E-state index contributed by atoms with van der Waals surface area (Å²) in [6.45, 7) is 7.10. The lowest BCUT2D eigenvalue weighted by atomic mass is 9.74. The van der Waals surface area contributed by atoms with Crippen LogP contribution in [-0.4, -0.2) is 5.78 Å². The zero-order chi connectivity index (χ0) is 10.8. The maximum atomic E-state index is 11.5. The van der Waals surface area contributed by atoms with Crippen LogP contribution in [0.5, 0.6) is 0 Å². The molecule has 82 valence electrons. The van der Waals surface area contributed by atoms with Crippen LogP contribution >= 0.6 is 0 Å². The molecule has 0 aromatic carbocycles. The number of fused-ring (bicyclic) bond motifs is 3. The molecule has 0 radical (unpaired) electrons. The van der Waals surface area contributed by atoms with Crippen molar-refractivity contribution in [2.24, 2.45) is 22.7 Å². The van der Waals surface area contributed by atoms with E-state index in [9.17, 15) is 4.79 Å². The van der Waals surface area contributed by atoms with Crippen molar-refractivity contribution < 1.29 is 4.79 Å². The minimum Gasteiger partial charge on any atom is -0.295 e. The van der Waals surface area contributed by atoms with Crippen molar-refractivity contribution in [3.63, 3.8) is 0 Å². The SMILES string of the molecule is CC1(C)C[C@H]2CC3=CC(=O)C[C@]3(C)[C@H]2C1. The average Bonchev–Trinajstić information content (AvgIpc) is 2.58. The number of ketones is 1. The summed E-state index contributed by atoms with van der Waals surface area (Å²) in [5, 5.41) is 0. The van der Waals surface area contributed by atoms with E-state index < -0.39 is 0 Å². The Labute approximate surface area is 91.9 Å². The molecule has 0 heterocycles. The summed E-state index contributed by atoms with van der Waals surface area (Å²) in [7, 11) is 0. The van der Waals surface area contributed by atoms with E-state index in [1.807, 2.05) is 6.08 Å². The lowest BCUT2D eigenvalue weighted by Gasteiger charge is -2.30. The van der Waals surface area contributed by atoms with Crippen molar-refractivity contribution in [3.8, 4) is 0 Å². The van der Waals surface area contributed by atoms with Gasteiger partial charge in [0.05, 0.1) is 0 Å². The van der Waals surface area contributed by atoms with Gasteiger partial charge in [-0.25, -0.2) is 0 Å². The Kier molecular flexibility index (Phi) is 1.64. The van der Waals surface area contributed by atoms with E-state index in [4.69, 9.17) is 0 Å². The monoisotopic (exact) mass is 204 g/mol. The van der Waals surface area contributed by atoms with Crippen molar-refractivity contribution in [3.05, 3.63) is 11.6 Å². The second kappa shape index (κ2) is 2.56. The number of hydrogen-bond acceptors (Lipinski definition) is 1. The van der Waals surface area contributed by atoms with Gasteiger partial charge in [0.1, 0.15) is 0 Å². The second-order valence-electron chi connectivity index (χ2n) is 6.87. The first-order valence-electron chi connectivity index (χ1n) is 6.15. The topological polar surface area (TPSA) is 17.1 Å². The van der Waals surface area contributed by atoms with E-state index in [0.29, 0.717) is 11.2 Å². The number of allylic oxidation sites excluding steroid dienone is 2. The fraction of sp³-hybridized carbons (Fsp3) is 0.786. The number of carbonyl (C=O) groups excluding carboxylic acids is 1. The van der Waals surface area contributed by atoms with Crippen LogP contribution in [0, 0.1) is 22.7 Å². The van der Waals surface area contributed by atoms with E-state index in [2.05, 4.69) is 20.8 Å². The van der Waals surface area contributed by atoms with Gasteiger partial charge in [-0.1, -0.05) is 26.3 Å². The van der Waals surface area contributed by atoms with Gasteiger partial charge in [0.15, 0.2) is 5.78 Å². The Morgan fingerprint density at radius 3 is 2.73 bits per heavy atom. The van der Waals surface area contributed by atoms with E-state index in [1.54, 1.807) is 0 Å². The van der Waals surface area contributed by atoms with Crippen LogP contribution in [0.15, 0.2) is 11.6 Å². The molecule has 3 aliphatic rings. The van der Waals surface area contributed by atoms with Crippen LogP contribution in [0.3, 0.4) is 0 Å².